The highest BCUT2D eigenvalue weighted by molar-refractivity contribution is 6.06. The van der Waals surface area contributed by atoms with Crippen LogP contribution in [0.2, 0.25) is 0 Å². The highest BCUT2D eigenvalue weighted by atomic mass is 19.1. The fourth-order valence-electron chi connectivity index (χ4n) is 4.14. The van der Waals surface area contributed by atoms with E-state index in [0.717, 1.165) is 15.7 Å². The number of carbonyl (C=O) groups excluding carboxylic acids is 3. The van der Waals surface area contributed by atoms with E-state index >= 15 is 0 Å². The SMILES string of the molecule is Cc1cccc(C)c1C(=O)Nc1cccn(C(Cc2ccccc2)C(=O)NC(CC(=O)O)C(=O)CF)c1=O. The van der Waals surface area contributed by atoms with Crippen LogP contribution in [0.25, 0.3) is 0 Å². The molecule has 10 heteroatoms. The van der Waals surface area contributed by atoms with Crippen molar-refractivity contribution in [1.29, 1.82) is 0 Å². The molecule has 3 aromatic rings. The van der Waals surface area contributed by atoms with E-state index in [4.69, 9.17) is 5.11 Å². The minimum Gasteiger partial charge on any atom is -0.481 e. The molecule has 0 bridgehead atoms. The van der Waals surface area contributed by atoms with Crippen LogP contribution >= 0.6 is 0 Å². The number of ketones is 1. The molecular weight excluding hydrogens is 493 g/mol. The van der Waals surface area contributed by atoms with Crippen molar-refractivity contribution in [1.82, 2.24) is 9.88 Å². The molecule has 0 saturated carbocycles. The maximum absolute atomic E-state index is 13.4. The van der Waals surface area contributed by atoms with Crippen LogP contribution in [-0.2, 0) is 20.8 Å². The Balaban J connectivity index is 1.99. The molecule has 3 N–H and O–H groups in total. The number of hydrogen-bond acceptors (Lipinski definition) is 5. The van der Waals surface area contributed by atoms with Crippen LogP contribution in [0, 0.1) is 13.8 Å². The van der Waals surface area contributed by atoms with Gasteiger partial charge in [0.05, 0.1) is 6.42 Å². The number of anilines is 1. The van der Waals surface area contributed by atoms with E-state index in [1.165, 1.54) is 18.3 Å². The van der Waals surface area contributed by atoms with Crippen molar-refractivity contribution < 1.29 is 28.7 Å². The lowest BCUT2D eigenvalue weighted by Crippen LogP contribution is -2.47. The molecule has 2 amide bonds. The van der Waals surface area contributed by atoms with E-state index in [-0.39, 0.29) is 12.1 Å². The third-order valence-electron chi connectivity index (χ3n) is 6.06. The quantitative estimate of drug-likeness (QED) is 0.355. The zero-order chi connectivity index (χ0) is 27.8. The van der Waals surface area contributed by atoms with Gasteiger partial charge >= 0.3 is 5.97 Å². The largest absolute Gasteiger partial charge is 0.481 e. The van der Waals surface area contributed by atoms with Gasteiger partial charge < -0.3 is 20.3 Å². The summed E-state index contributed by atoms with van der Waals surface area (Å²) in [5, 5.41) is 14.0. The molecule has 2 aromatic carbocycles. The first-order chi connectivity index (χ1) is 18.1. The molecule has 0 aliphatic carbocycles. The summed E-state index contributed by atoms with van der Waals surface area (Å²) in [5.74, 6) is -3.83. The maximum atomic E-state index is 13.4. The lowest BCUT2D eigenvalue weighted by molar-refractivity contribution is -0.140. The number of nitrogens with one attached hydrogen (secondary N) is 2. The first kappa shape index (κ1) is 28.0. The van der Waals surface area contributed by atoms with E-state index in [0.29, 0.717) is 11.1 Å². The third kappa shape index (κ3) is 6.78. The van der Waals surface area contributed by atoms with E-state index in [2.05, 4.69) is 10.6 Å². The average Bonchev–Trinajstić information content (AvgIpc) is 2.88. The first-order valence-electron chi connectivity index (χ1n) is 11.9. The number of Topliss-reactive ketones (excluding diaryl/α,β-unsaturated/α-hetero) is 1. The summed E-state index contributed by atoms with van der Waals surface area (Å²) in [6.45, 7) is 2.09. The Morgan fingerprint density at radius 1 is 0.947 bits per heavy atom. The van der Waals surface area contributed by atoms with Crippen molar-refractivity contribution in [3.63, 3.8) is 0 Å². The third-order valence-corrected chi connectivity index (χ3v) is 6.06. The minimum atomic E-state index is -1.61. The molecule has 0 aliphatic rings. The van der Waals surface area contributed by atoms with Gasteiger partial charge in [-0.05, 0) is 42.7 Å². The molecule has 3 rings (SSSR count). The predicted octanol–water partition coefficient (Wildman–Crippen LogP) is 3.00. The lowest BCUT2D eigenvalue weighted by Gasteiger charge is -2.23. The van der Waals surface area contributed by atoms with Gasteiger partial charge in [0.2, 0.25) is 5.91 Å². The highest BCUT2D eigenvalue weighted by Gasteiger charge is 2.29. The number of amides is 2. The number of aromatic nitrogens is 1. The van der Waals surface area contributed by atoms with Gasteiger partial charge in [0.1, 0.15) is 24.4 Å². The second-order valence-corrected chi connectivity index (χ2v) is 8.82. The van der Waals surface area contributed by atoms with Crippen LogP contribution in [0.1, 0.15) is 39.5 Å². The summed E-state index contributed by atoms with van der Waals surface area (Å²) < 4.78 is 14.2. The van der Waals surface area contributed by atoms with Gasteiger partial charge in [0, 0.05) is 18.2 Å². The second kappa shape index (κ2) is 12.6. The van der Waals surface area contributed by atoms with E-state index < -0.39 is 54.3 Å². The van der Waals surface area contributed by atoms with Gasteiger partial charge in [-0.25, -0.2) is 4.39 Å². The zero-order valence-corrected chi connectivity index (χ0v) is 20.9. The maximum Gasteiger partial charge on any atom is 0.305 e. The number of pyridine rings is 1. The summed E-state index contributed by atoms with van der Waals surface area (Å²) in [5.41, 5.74) is 1.78. The number of carboxylic acids is 1. The highest BCUT2D eigenvalue weighted by Crippen LogP contribution is 2.18. The standard InChI is InChI=1S/C28H28FN3O6/c1-17-8-6-9-18(2)25(17)27(37)30-20-12-7-13-32(28(20)38)22(14-19-10-4-3-5-11-19)26(36)31-21(15-24(34)35)23(33)16-29/h3-13,21-22H,14-16H2,1-2H3,(H,30,37)(H,31,36)(H,34,35). The van der Waals surface area contributed by atoms with Crippen LogP contribution in [0.5, 0.6) is 0 Å². The smallest absolute Gasteiger partial charge is 0.305 e. The molecule has 0 spiro atoms. The molecule has 0 fully saturated rings. The van der Waals surface area contributed by atoms with Gasteiger partial charge in [-0.3, -0.25) is 24.0 Å². The number of rotatable bonds is 11. The van der Waals surface area contributed by atoms with Gasteiger partial charge in [0.15, 0.2) is 5.78 Å². The zero-order valence-electron chi connectivity index (χ0n) is 20.9. The van der Waals surface area contributed by atoms with Crippen molar-refractivity contribution in [2.24, 2.45) is 0 Å². The molecule has 38 heavy (non-hydrogen) atoms. The number of aliphatic carboxylic acids is 1. The minimum absolute atomic E-state index is 0.00445. The number of hydrogen-bond donors (Lipinski definition) is 3. The number of benzene rings is 2. The molecule has 198 valence electrons. The van der Waals surface area contributed by atoms with Crippen LogP contribution in [0.4, 0.5) is 10.1 Å². The van der Waals surface area contributed by atoms with Gasteiger partial charge in [-0.1, -0.05) is 48.5 Å². The van der Waals surface area contributed by atoms with Crippen LogP contribution in [0.15, 0.2) is 71.7 Å². The molecule has 2 unspecified atom stereocenters. The van der Waals surface area contributed by atoms with Crippen molar-refractivity contribution in [3.05, 3.63) is 99.5 Å². The first-order valence-corrected chi connectivity index (χ1v) is 11.9. The van der Waals surface area contributed by atoms with Crippen molar-refractivity contribution in [2.45, 2.75) is 38.8 Å². The van der Waals surface area contributed by atoms with Gasteiger partial charge in [-0.15, -0.1) is 0 Å². The predicted molar refractivity (Wildman–Crippen MR) is 139 cm³/mol. The molecule has 0 saturated heterocycles. The van der Waals surface area contributed by atoms with Crippen molar-refractivity contribution >= 4 is 29.3 Å². The Morgan fingerprint density at radius 2 is 1.61 bits per heavy atom. The van der Waals surface area contributed by atoms with Gasteiger partial charge in [0.25, 0.3) is 11.5 Å². The van der Waals surface area contributed by atoms with E-state index in [1.807, 2.05) is 6.07 Å². The summed E-state index contributed by atoms with van der Waals surface area (Å²) in [7, 11) is 0. The Hall–Kier alpha value is -4.60. The van der Waals surface area contributed by atoms with E-state index in [1.54, 1.807) is 56.3 Å². The molecule has 1 heterocycles. The van der Waals surface area contributed by atoms with Crippen molar-refractivity contribution in [2.75, 3.05) is 12.0 Å². The summed E-state index contributed by atoms with van der Waals surface area (Å²) in [4.78, 5) is 62.9. The van der Waals surface area contributed by atoms with Gasteiger partial charge in [-0.2, -0.15) is 0 Å². The Labute approximate surface area is 218 Å². The van der Waals surface area contributed by atoms with Crippen molar-refractivity contribution in [3.8, 4) is 0 Å². The number of alkyl halides is 1. The summed E-state index contributed by atoms with van der Waals surface area (Å²) in [6, 6.07) is 14.1. The Kier molecular flexibility index (Phi) is 9.26. The van der Waals surface area contributed by atoms with Crippen LogP contribution in [-0.4, -0.2) is 46.0 Å². The number of halogens is 1. The molecule has 0 aliphatic heterocycles. The molecule has 2 atom stereocenters. The number of carbonyl (C=O) groups is 4. The fraction of sp³-hybridized carbons (Fsp3) is 0.250. The second-order valence-electron chi connectivity index (χ2n) is 8.82. The summed E-state index contributed by atoms with van der Waals surface area (Å²) >= 11 is 0. The molecule has 9 nitrogen and oxygen atoms in total. The normalized spacial score (nSPS) is 12.3. The monoisotopic (exact) mass is 521 g/mol. The number of aryl methyl sites for hydroxylation is 2. The van der Waals surface area contributed by atoms with Crippen LogP contribution < -0.4 is 16.2 Å². The topological polar surface area (TPSA) is 135 Å². The molecule has 0 radical (unpaired) electrons. The lowest BCUT2D eigenvalue weighted by atomic mass is 10.0. The number of nitrogens with zero attached hydrogens (tertiary/aromatic N) is 1. The fourth-order valence-corrected chi connectivity index (χ4v) is 4.14. The Morgan fingerprint density at radius 3 is 2.21 bits per heavy atom. The average molecular weight is 522 g/mol. The molecular formula is C28H28FN3O6. The number of carboxylic acid groups (broad SMARTS) is 1. The summed E-state index contributed by atoms with van der Waals surface area (Å²) in [6.07, 6.45) is 0.547. The molecule has 1 aromatic heterocycles. The van der Waals surface area contributed by atoms with Crippen LogP contribution in [0.3, 0.4) is 0 Å². The Bertz CT molecular complexity index is 1380. The van der Waals surface area contributed by atoms with E-state index in [9.17, 15) is 28.4 Å².